The lowest BCUT2D eigenvalue weighted by Crippen LogP contribution is -2.60. The Bertz CT molecular complexity index is 1310. The summed E-state index contributed by atoms with van der Waals surface area (Å²) in [4.78, 5) is 13.1. The fourth-order valence-electron chi connectivity index (χ4n) is 9.74. The number of allylic oxidation sites excluding steroid dienone is 7. The van der Waals surface area contributed by atoms with Crippen molar-refractivity contribution in [3.8, 4) is 0 Å². The molecule has 1 amide bonds. The summed E-state index contributed by atoms with van der Waals surface area (Å²) in [5.74, 6) is -0.624. The minimum Gasteiger partial charge on any atom is -0.394 e. The second-order valence-corrected chi connectivity index (χ2v) is 21.6. The maximum absolute atomic E-state index is 13.1. The standard InChI is InChI=1S/C63H117NO9/c1-3-5-7-9-11-13-15-17-19-21-22-23-24-25-26-27-28-29-30-31-32-33-34-35-36-38-40-42-44-46-48-50-52-57(67)62(71)64-55(54-72-63-61(70)60(69)59(68)58(53-65)73-63)56(66)51-49-47-45-43-41-39-37-20-18-16-14-12-10-8-6-4-2/h22-23,25-26,41,43,49,51,55-61,63,65-70H,3-21,24,27-40,42,44-48,50,52-54H2,1-2H3,(H,64,71)/b23-22-,26-25-,43-41+,51-49+. The first-order valence-electron chi connectivity index (χ1n) is 31.0. The highest BCUT2D eigenvalue weighted by molar-refractivity contribution is 5.80. The Morgan fingerprint density at radius 1 is 0.479 bits per heavy atom. The normalized spacial score (nSPS) is 19.8. The summed E-state index contributed by atoms with van der Waals surface area (Å²) < 4.78 is 11.2. The van der Waals surface area contributed by atoms with Crippen LogP contribution in [0.3, 0.4) is 0 Å². The third-order valence-electron chi connectivity index (χ3n) is 14.7. The Morgan fingerprint density at radius 2 is 0.849 bits per heavy atom. The van der Waals surface area contributed by atoms with Crippen molar-refractivity contribution in [2.24, 2.45) is 0 Å². The molecule has 0 saturated carbocycles. The first-order chi connectivity index (χ1) is 35.8. The summed E-state index contributed by atoms with van der Waals surface area (Å²) in [7, 11) is 0. The molecule has 8 unspecified atom stereocenters. The molecule has 0 spiro atoms. The van der Waals surface area contributed by atoms with E-state index in [-0.39, 0.29) is 6.61 Å². The van der Waals surface area contributed by atoms with Gasteiger partial charge in [0.05, 0.1) is 25.4 Å². The van der Waals surface area contributed by atoms with Gasteiger partial charge >= 0.3 is 0 Å². The van der Waals surface area contributed by atoms with E-state index in [0.29, 0.717) is 19.3 Å². The second kappa shape index (κ2) is 52.2. The third kappa shape index (κ3) is 41.0. The van der Waals surface area contributed by atoms with Crippen molar-refractivity contribution >= 4 is 5.91 Å². The molecule has 1 rings (SSSR count). The average Bonchev–Trinajstić information content (AvgIpc) is 3.39. The van der Waals surface area contributed by atoms with Gasteiger partial charge in [-0.1, -0.05) is 268 Å². The molecule has 0 aromatic carbocycles. The molecule has 73 heavy (non-hydrogen) atoms. The van der Waals surface area contributed by atoms with Gasteiger partial charge in [0.1, 0.15) is 30.5 Å². The van der Waals surface area contributed by atoms with Crippen LogP contribution in [0.1, 0.15) is 284 Å². The van der Waals surface area contributed by atoms with Crippen LogP contribution in [-0.4, -0.2) is 98.7 Å². The summed E-state index contributed by atoms with van der Waals surface area (Å²) in [6.07, 6.45) is 59.5. The van der Waals surface area contributed by atoms with Crippen LogP contribution in [0.15, 0.2) is 48.6 Å². The number of aliphatic hydroxyl groups is 6. The molecule has 1 aliphatic rings. The van der Waals surface area contributed by atoms with Crippen LogP contribution < -0.4 is 5.32 Å². The van der Waals surface area contributed by atoms with Crippen molar-refractivity contribution in [3.05, 3.63) is 48.6 Å². The number of nitrogens with one attached hydrogen (secondary N) is 1. The molecule has 1 fully saturated rings. The van der Waals surface area contributed by atoms with Crippen molar-refractivity contribution in [2.45, 2.75) is 332 Å². The van der Waals surface area contributed by atoms with Crippen LogP contribution in [0.5, 0.6) is 0 Å². The van der Waals surface area contributed by atoms with E-state index in [2.05, 4.69) is 55.6 Å². The highest BCUT2D eigenvalue weighted by atomic mass is 16.7. The summed E-state index contributed by atoms with van der Waals surface area (Å²) in [6.45, 7) is 3.62. The smallest absolute Gasteiger partial charge is 0.249 e. The van der Waals surface area contributed by atoms with E-state index >= 15 is 0 Å². The molecule has 0 radical (unpaired) electrons. The van der Waals surface area contributed by atoms with Gasteiger partial charge in [-0.05, 0) is 64.2 Å². The van der Waals surface area contributed by atoms with Gasteiger partial charge < -0.3 is 45.4 Å². The fourth-order valence-corrected chi connectivity index (χ4v) is 9.74. The second-order valence-electron chi connectivity index (χ2n) is 21.6. The highest BCUT2D eigenvalue weighted by Gasteiger charge is 2.44. The minimum atomic E-state index is -1.62. The van der Waals surface area contributed by atoms with Gasteiger partial charge in [0.25, 0.3) is 0 Å². The van der Waals surface area contributed by atoms with Crippen LogP contribution in [0.4, 0.5) is 0 Å². The Balaban J connectivity index is 2.19. The molecule has 0 aromatic heterocycles. The van der Waals surface area contributed by atoms with Crippen LogP contribution in [-0.2, 0) is 14.3 Å². The number of carbonyl (C=O) groups is 1. The molecule has 7 N–H and O–H groups in total. The first-order valence-corrected chi connectivity index (χ1v) is 31.0. The Morgan fingerprint density at radius 3 is 1.27 bits per heavy atom. The Hall–Kier alpha value is -1.89. The van der Waals surface area contributed by atoms with E-state index < -0.39 is 61.5 Å². The molecule has 1 heterocycles. The molecule has 0 aromatic rings. The molecular formula is C63H117NO9. The predicted octanol–water partition coefficient (Wildman–Crippen LogP) is 14.7. The zero-order chi connectivity index (χ0) is 53.1. The van der Waals surface area contributed by atoms with Gasteiger partial charge in [-0.15, -0.1) is 0 Å². The maximum atomic E-state index is 13.1. The third-order valence-corrected chi connectivity index (χ3v) is 14.7. The monoisotopic (exact) mass is 1030 g/mol. The van der Waals surface area contributed by atoms with Crippen molar-refractivity contribution in [2.75, 3.05) is 13.2 Å². The maximum Gasteiger partial charge on any atom is 0.249 e. The number of hydrogen-bond donors (Lipinski definition) is 7. The van der Waals surface area contributed by atoms with Gasteiger partial charge in [-0.2, -0.15) is 0 Å². The quantitative estimate of drug-likeness (QED) is 0.0232. The largest absolute Gasteiger partial charge is 0.394 e. The predicted molar refractivity (Wildman–Crippen MR) is 305 cm³/mol. The van der Waals surface area contributed by atoms with E-state index in [0.717, 1.165) is 38.5 Å². The van der Waals surface area contributed by atoms with Crippen LogP contribution in [0, 0.1) is 0 Å². The molecule has 428 valence electrons. The number of hydrogen-bond acceptors (Lipinski definition) is 9. The fraction of sp³-hybridized carbons (Fsp3) is 0.857. The minimum absolute atomic E-state index is 0.304. The van der Waals surface area contributed by atoms with Gasteiger partial charge in [0.15, 0.2) is 6.29 Å². The van der Waals surface area contributed by atoms with Gasteiger partial charge in [0.2, 0.25) is 5.91 Å². The summed E-state index contributed by atoms with van der Waals surface area (Å²) in [6, 6.07) is -0.998. The van der Waals surface area contributed by atoms with E-state index in [1.807, 2.05) is 6.08 Å². The lowest BCUT2D eigenvalue weighted by atomic mass is 9.99. The zero-order valence-electron chi connectivity index (χ0n) is 47.3. The van der Waals surface area contributed by atoms with Crippen molar-refractivity contribution in [3.63, 3.8) is 0 Å². The van der Waals surface area contributed by atoms with Crippen molar-refractivity contribution < 1.29 is 44.9 Å². The van der Waals surface area contributed by atoms with Crippen molar-refractivity contribution in [1.29, 1.82) is 0 Å². The van der Waals surface area contributed by atoms with Gasteiger partial charge in [-0.3, -0.25) is 4.79 Å². The van der Waals surface area contributed by atoms with Crippen LogP contribution >= 0.6 is 0 Å². The van der Waals surface area contributed by atoms with Crippen LogP contribution in [0.25, 0.3) is 0 Å². The first kappa shape index (κ1) is 69.1. The summed E-state index contributed by atoms with van der Waals surface area (Å²) in [5.41, 5.74) is 0. The number of unbranched alkanes of at least 4 members (excludes halogenated alkanes) is 36. The number of carbonyl (C=O) groups excluding carboxylic acids is 1. The van der Waals surface area contributed by atoms with E-state index in [4.69, 9.17) is 9.47 Å². The van der Waals surface area contributed by atoms with Crippen LogP contribution in [0.2, 0.25) is 0 Å². The summed E-state index contributed by atoms with van der Waals surface area (Å²) >= 11 is 0. The highest BCUT2D eigenvalue weighted by Crippen LogP contribution is 2.23. The van der Waals surface area contributed by atoms with Crippen molar-refractivity contribution in [1.82, 2.24) is 5.32 Å². The summed E-state index contributed by atoms with van der Waals surface area (Å²) in [5, 5.41) is 65.0. The number of amides is 1. The molecular weight excluding hydrogens is 915 g/mol. The lowest BCUT2D eigenvalue weighted by Gasteiger charge is -2.40. The van der Waals surface area contributed by atoms with E-state index in [1.165, 1.54) is 212 Å². The average molecular weight is 1030 g/mol. The molecule has 1 aliphatic heterocycles. The van der Waals surface area contributed by atoms with E-state index in [1.54, 1.807) is 6.08 Å². The molecule has 8 atom stereocenters. The topological polar surface area (TPSA) is 169 Å². The molecule has 1 saturated heterocycles. The molecule has 10 nitrogen and oxygen atoms in total. The Kier molecular flexibility index (Phi) is 49.4. The SMILES string of the molecule is CCCCCCCCCCC/C=C\C/C=C\CCCCCCCCCCCCCCCCCCC(O)C(=O)NC(COC1OC(CO)C(O)C(O)C1O)C(O)/C=C/CC/C=C/CCCCCCCCCCCC. The Labute approximate surface area is 448 Å². The number of rotatable bonds is 53. The molecule has 0 bridgehead atoms. The van der Waals surface area contributed by atoms with Gasteiger partial charge in [0, 0.05) is 0 Å². The van der Waals surface area contributed by atoms with E-state index in [9.17, 15) is 35.4 Å². The molecule has 0 aliphatic carbocycles. The number of ether oxygens (including phenoxy) is 2. The zero-order valence-corrected chi connectivity index (χ0v) is 47.3. The van der Waals surface area contributed by atoms with Gasteiger partial charge in [-0.25, -0.2) is 0 Å². The lowest BCUT2D eigenvalue weighted by molar-refractivity contribution is -0.302. The molecule has 10 heteroatoms. The number of aliphatic hydroxyl groups excluding tert-OH is 6.